The van der Waals surface area contributed by atoms with Crippen molar-refractivity contribution in [1.82, 2.24) is 25.9 Å². The van der Waals surface area contributed by atoms with Gasteiger partial charge in [0.2, 0.25) is 5.91 Å². The number of tetrazole rings is 1. The highest BCUT2D eigenvalue weighted by molar-refractivity contribution is 5.87. The molecule has 1 amide bonds. The Hall–Kier alpha value is -2.28. The Morgan fingerprint density at radius 2 is 2.11 bits per heavy atom. The predicted octanol–water partition coefficient (Wildman–Crippen LogP) is 0.251. The third-order valence-corrected chi connectivity index (χ3v) is 2.94. The molecule has 1 aromatic heterocycles. The van der Waals surface area contributed by atoms with Crippen LogP contribution < -0.4 is 11.1 Å². The van der Waals surface area contributed by atoms with E-state index >= 15 is 0 Å². The van der Waals surface area contributed by atoms with Crippen molar-refractivity contribution in [2.45, 2.75) is 25.4 Å². The molecule has 4 N–H and O–H groups in total. The highest BCUT2D eigenvalue weighted by Crippen LogP contribution is 2.18. The standard InChI is InChI=1S/C12H16N6O/c1-8(10-15-17-18-16-10)14-11(19)12(2,13)9-6-4-3-5-7-9/h3-8H,13H2,1-2H3,(H,14,19)(H,15,16,17,18). The van der Waals surface area contributed by atoms with E-state index in [1.54, 1.807) is 13.8 Å². The molecule has 19 heavy (non-hydrogen) atoms. The second-order valence-electron chi connectivity index (χ2n) is 4.53. The van der Waals surface area contributed by atoms with E-state index in [-0.39, 0.29) is 11.9 Å². The summed E-state index contributed by atoms with van der Waals surface area (Å²) in [5, 5.41) is 16.2. The number of aromatic amines is 1. The molecule has 2 atom stereocenters. The zero-order valence-electron chi connectivity index (χ0n) is 10.8. The van der Waals surface area contributed by atoms with Gasteiger partial charge in [-0.2, -0.15) is 5.21 Å². The Bertz CT molecular complexity index is 537. The normalized spacial score (nSPS) is 15.5. The first kappa shape index (κ1) is 13.2. The molecule has 1 aromatic carbocycles. The van der Waals surface area contributed by atoms with E-state index in [0.29, 0.717) is 5.82 Å². The van der Waals surface area contributed by atoms with E-state index < -0.39 is 5.54 Å². The van der Waals surface area contributed by atoms with Crippen LogP contribution in [0.25, 0.3) is 0 Å². The fourth-order valence-corrected chi connectivity index (χ4v) is 1.68. The molecule has 1 heterocycles. The van der Waals surface area contributed by atoms with Crippen LogP contribution in [0.1, 0.15) is 31.3 Å². The van der Waals surface area contributed by atoms with Crippen molar-refractivity contribution in [3.8, 4) is 0 Å². The molecular formula is C12H16N6O. The third kappa shape index (κ3) is 2.76. The Kier molecular flexibility index (Phi) is 3.57. The minimum absolute atomic E-state index is 0.295. The molecule has 2 unspecified atom stereocenters. The quantitative estimate of drug-likeness (QED) is 0.730. The molecular weight excluding hydrogens is 244 g/mol. The van der Waals surface area contributed by atoms with Crippen LogP contribution in [0.2, 0.25) is 0 Å². The highest BCUT2D eigenvalue weighted by atomic mass is 16.2. The Balaban J connectivity index is 2.11. The number of carbonyl (C=O) groups excluding carboxylic acids is 1. The number of nitrogens with one attached hydrogen (secondary N) is 2. The molecule has 0 radical (unpaired) electrons. The first-order valence-electron chi connectivity index (χ1n) is 5.90. The maximum atomic E-state index is 12.2. The predicted molar refractivity (Wildman–Crippen MR) is 68.7 cm³/mol. The van der Waals surface area contributed by atoms with Gasteiger partial charge in [0.1, 0.15) is 5.54 Å². The van der Waals surface area contributed by atoms with Gasteiger partial charge in [-0.3, -0.25) is 4.79 Å². The van der Waals surface area contributed by atoms with Gasteiger partial charge in [0, 0.05) is 0 Å². The highest BCUT2D eigenvalue weighted by Gasteiger charge is 2.31. The fourth-order valence-electron chi connectivity index (χ4n) is 1.68. The number of hydrogen-bond acceptors (Lipinski definition) is 5. The van der Waals surface area contributed by atoms with Crippen LogP contribution in [0.15, 0.2) is 30.3 Å². The number of aromatic nitrogens is 4. The van der Waals surface area contributed by atoms with Gasteiger partial charge in [0.05, 0.1) is 6.04 Å². The SMILES string of the molecule is CC(NC(=O)C(C)(N)c1ccccc1)c1nn[nH]n1. The fraction of sp³-hybridized carbons (Fsp3) is 0.333. The molecule has 0 bridgehead atoms. The molecule has 0 aliphatic rings. The number of nitrogens with two attached hydrogens (primary N) is 1. The Morgan fingerprint density at radius 3 is 2.68 bits per heavy atom. The summed E-state index contributed by atoms with van der Waals surface area (Å²) in [6.07, 6.45) is 0. The summed E-state index contributed by atoms with van der Waals surface area (Å²) in [4.78, 5) is 12.2. The van der Waals surface area contributed by atoms with Crippen molar-refractivity contribution >= 4 is 5.91 Å². The molecule has 7 nitrogen and oxygen atoms in total. The lowest BCUT2D eigenvalue weighted by Gasteiger charge is -2.25. The molecule has 100 valence electrons. The minimum Gasteiger partial charge on any atom is -0.344 e. The van der Waals surface area contributed by atoms with Crippen LogP contribution in [0.4, 0.5) is 0 Å². The van der Waals surface area contributed by atoms with Gasteiger partial charge >= 0.3 is 0 Å². The van der Waals surface area contributed by atoms with Crippen molar-refractivity contribution in [1.29, 1.82) is 0 Å². The summed E-state index contributed by atoms with van der Waals surface area (Å²) < 4.78 is 0. The second kappa shape index (κ2) is 5.15. The van der Waals surface area contributed by atoms with Gasteiger partial charge in [-0.05, 0) is 19.4 Å². The number of rotatable bonds is 4. The summed E-state index contributed by atoms with van der Waals surface area (Å²) in [6, 6.07) is 8.83. The molecule has 0 aliphatic carbocycles. The number of carbonyl (C=O) groups is 1. The zero-order valence-corrected chi connectivity index (χ0v) is 10.8. The largest absolute Gasteiger partial charge is 0.344 e. The molecule has 2 aromatic rings. The van der Waals surface area contributed by atoms with Crippen molar-refractivity contribution in [3.63, 3.8) is 0 Å². The van der Waals surface area contributed by atoms with Gasteiger partial charge in [0.15, 0.2) is 5.82 Å². The van der Waals surface area contributed by atoms with Crippen molar-refractivity contribution in [3.05, 3.63) is 41.7 Å². The van der Waals surface area contributed by atoms with Crippen molar-refractivity contribution in [2.75, 3.05) is 0 Å². The van der Waals surface area contributed by atoms with Crippen molar-refractivity contribution < 1.29 is 4.79 Å². The average Bonchev–Trinajstić information content (AvgIpc) is 2.93. The summed E-state index contributed by atoms with van der Waals surface area (Å²) >= 11 is 0. The topological polar surface area (TPSA) is 110 Å². The van der Waals surface area contributed by atoms with E-state index in [9.17, 15) is 4.79 Å². The first-order valence-corrected chi connectivity index (χ1v) is 5.90. The number of nitrogens with zero attached hydrogens (tertiary/aromatic N) is 3. The molecule has 7 heteroatoms. The van der Waals surface area contributed by atoms with E-state index in [2.05, 4.69) is 25.9 Å². The Labute approximate surface area is 110 Å². The third-order valence-electron chi connectivity index (χ3n) is 2.94. The van der Waals surface area contributed by atoms with Crippen LogP contribution in [-0.4, -0.2) is 26.5 Å². The maximum Gasteiger partial charge on any atom is 0.244 e. The van der Waals surface area contributed by atoms with E-state index in [0.717, 1.165) is 5.56 Å². The molecule has 0 fully saturated rings. The van der Waals surface area contributed by atoms with Gasteiger partial charge in [-0.25, -0.2) is 0 Å². The zero-order chi connectivity index (χ0) is 13.9. The molecule has 0 aliphatic heterocycles. The van der Waals surface area contributed by atoms with Gasteiger partial charge in [-0.15, -0.1) is 10.2 Å². The molecule has 0 saturated heterocycles. The first-order chi connectivity index (χ1) is 9.01. The van der Waals surface area contributed by atoms with Crippen LogP contribution in [0, 0.1) is 0 Å². The monoisotopic (exact) mass is 260 g/mol. The van der Waals surface area contributed by atoms with Crippen LogP contribution >= 0.6 is 0 Å². The second-order valence-corrected chi connectivity index (χ2v) is 4.53. The molecule has 2 rings (SSSR count). The minimum atomic E-state index is -1.11. The summed E-state index contributed by atoms with van der Waals surface area (Å²) in [7, 11) is 0. The average molecular weight is 260 g/mol. The van der Waals surface area contributed by atoms with E-state index in [4.69, 9.17) is 5.73 Å². The van der Waals surface area contributed by atoms with Gasteiger partial charge in [-0.1, -0.05) is 35.5 Å². The number of amides is 1. The summed E-state index contributed by atoms with van der Waals surface area (Å²) in [6.45, 7) is 3.43. The molecule has 0 spiro atoms. The number of benzene rings is 1. The van der Waals surface area contributed by atoms with Gasteiger partial charge < -0.3 is 11.1 Å². The van der Waals surface area contributed by atoms with Crippen molar-refractivity contribution in [2.24, 2.45) is 5.73 Å². The maximum absolute atomic E-state index is 12.2. The summed E-state index contributed by atoms with van der Waals surface area (Å²) in [5.41, 5.74) is 5.74. The van der Waals surface area contributed by atoms with Crippen LogP contribution in [-0.2, 0) is 10.3 Å². The van der Waals surface area contributed by atoms with E-state index in [1.807, 2.05) is 30.3 Å². The molecule has 0 saturated carbocycles. The number of H-pyrrole nitrogens is 1. The van der Waals surface area contributed by atoms with E-state index in [1.165, 1.54) is 0 Å². The van der Waals surface area contributed by atoms with Crippen LogP contribution in [0.5, 0.6) is 0 Å². The lowest BCUT2D eigenvalue weighted by atomic mass is 9.92. The smallest absolute Gasteiger partial charge is 0.244 e. The Morgan fingerprint density at radius 1 is 1.42 bits per heavy atom. The van der Waals surface area contributed by atoms with Crippen LogP contribution in [0.3, 0.4) is 0 Å². The van der Waals surface area contributed by atoms with Gasteiger partial charge in [0.25, 0.3) is 0 Å². The summed E-state index contributed by atoms with van der Waals surface area (Å²) in [5.74, 6) is 0.119. The lowest BCUT2D eigenvalue weighted by Crippen LogP contribution is -2.49. The lowest BCUT2D eigenvalue weighted by molar-refractivity contribution is -0.126. The number of hydrogen-bond donors (Lipinski definition) is 3.